The standard InChI is InChI=1S/2C24H35NO2.C4H2O4/c2*1-7-15-27-24(26-8-2)25-14-13-19(6)21-12-10-20(17(3)4)16-23-18(5)9-11-22(21)23;5-1-2(6)4(8)3(1)7/h2*9-12,16-17,19H,7-8,13-15H2,1-6H3;5-6H. The first kappa shape index (κ1) is 51.0. The van der Waals surface area contributed by atoms with E-state index in [9.17, 15) is 9.59 Å². The summed E-state index contributed by atoms with van der Waals surface area (Å²) in [5.74, 6) is 0.225. The first-order valence-corrected chi connectivity index (χ1v) is 22.5. The van der Waals surface area contributed by atoms with E-state index in [1.165, 1.54) is 55.6 Å². The Morgan fingerprint density at radius 3 is 1.21 bits per heavy atom. The minimum Gasteiger partial charge on any atom is -0.501 e. The third-order valence-corrected chi connectivity index (χ3v) is 10.8. The average molecular weight is 853 g/mol. The van der Waals surface area contributed by atoms with Gasteiger partial charge in [-0.1, -0.05) is 116 Å². The molecule has 0 aromatic heterocycles. The van der Waals surface area contributed by atoms with Gasteiger partial charge in [-0.05, 0) is 133 Å². The fraction of sp³-hybridized carbons (Fsp3) is 0.500. The molecule has 338 valence electrons. The van der Waals surface area contributed by atoms with E-state index >= 15 is 0 Å². The maximum absolute atomic E-state index is 9.95. The summed E-state index contributed by atoms with van der Waals surface area (Å²) in [4.78, 5) is 29.0. The number of hydrogen-bond acceptors (Lipinski definition) is 10. The molecule has 0 fully saturated rings. The Morgan fingerprint density at radius 1 is 0.532 bits per heavy atom. The normalized spacial score (nSPS) is 12.8. The Morgan fingerprint density at radius 2 is 0.903 bits per heavy atom. The molecule has 2 N–H and O–H groups in total. The number of fused-ring (bicyclic) bond motifs is 2. The monoisotopic (exact) mass is 853 g/mol. The van der Waals surface area contributed by atoms with Gasteiger partial charge in [0, 0.05) is 13.1 Å². The van der Waals surface area contributed by atoms with E-state index in [2.05, 4.69) is 140 Å². The van der Waals surface area contributed by atoms with Crippen LogP contribution in [0.5, 0.6) is 11.5 Å². The summed E-state index contributed by atoms with van der Waals surface area (Å²) in [6.45, 7) is 29.9. The van der Waals surface area contributed by atoms with Gasteiger partial charge in [-0.25, -0.2) is 9.98 Å². The second-order valence-electron chi connectivity index (χ2n) is 16.5. The highest BCUT2D eigenvalue weighted by atomic mass is 16.7. The molecule has 2 unspecified atom stereocenters. The van der Waals surface area contributed by atoms with Crippen LogP contribution in [0.4, 0.5) is 0 Å². The lowest BCUT2D eigenvalue weighted by atomic mass is 9.93. The van der Waals surface area contributed by atoms with Gasteiger partial charge >= 0.3 is 12.2 Å². The third kappa shape index (κ3) is 14.3. The highest BCUT2D eigenvalue weighted by Crippen LogP contribution is 2.38. The van der Waals surface area contributed by atoms with E-state index in [4.69, 9.17) is 29.2 Å². The maximum Gasteiger partial charge on any atom is 0.383 e. The van der Waals surface area contributed by atoms with Crippen LogP contribution in [0.15, 0.2) is 80.2 Å². The Bertz CT molecular complexity index is 2040. The molecule has 0 bridgehead atoms. The Hall–Kier alpha value is -5.38. The number of nitrogens with zero attached hydrogens (tertiary/aromatic N) is 2. The molecule has 1 aromatic rings. The molecule has 1 aromatic carbocycles. The van der Waals surface area contributed by atoms with Gasteiger partial charge in [0.1, 0.15) is 0 Å². The topological polar surface area (TPSA) is 136 Å². The lowest BCUT2D eigenvalue weighted by molar-refractivity contribution is 0.171. The smallest absolute Gasteiger partial charge is 0.383 e. The lowest BCUT2D eigenvalue weighted by Crippen LogP contribution is -2.28. The molecule has 10 nitrogen and oxygen atoms in total. The first-order chi connectivity index (χ1) is 29.6. The molecule has 4 aliphatic rings. The van der Waals surface area contributed by atoms with Gasteiger partial charge < -0.3 is 29.2 Å². The number of rotatable bonds is 16. The highest BCUT2D eigenvalue weighted by molar-refractivity contribution is 5.76. The van der Waals surface area contributed by atoms with Crippen LogP contribution >= 0.6 is 0 Å². The lowest BCUT2D eigenvalue weighted by Gasteiger charge is -2.14. The Kier molecular flexibility index (Phi) is 21.0. The van der Waals surface area contributed by atoms with Gasteiger partial charge in [0.05, 0.1) is 26.4 Å². The number of aryl methyl sites for hydroxylation is 2. The average Bonchev–Trinajstić information content (AvgIpc) is 3.62. The van der Waals surface area contributed by atoms with E-state index in [1.807, 2.05) is 13.8 Å². The molecular formula is C52H72N2O8. The molecule has 2 atom stereocenters. The molecule has 0 saturated carbocycles. The van der Waals surface area contributed by atoms with Crippen LogP contribution in [-0.2, 0) is 18.9 Å². The number of ether oxygens (including phenoxy) is 4. The number of aliphatic imine (C=N–C) groups is 2. The molecule has 5 rings (SSSR count). The zero-order chi connectivity index (χ0) is 45.9. The van der Waals surface area contributed by atoms with Crippen molar-refractivity contribution < 1.29 is 29.2 Å². The molecule has 0 amide bonds. The maximum atomic E-state index is 9.95. The molecule has 0 spiro atoms. The summed E-state index contributed by atoms with van der Waals surface area (Å²) in [6, 6.07) is 22.9. The van der Waals surface area contributed by atoms with E-state index < -0.39 is 22.4 Å². The van der Waals surface area contributed by atoms with Crippen LogP contribution in [0.1, 0.15) is 152 Å². The van der Waals surface area contributed by atoms with Gasteiger partial charge in [-0.15, -0.1) is 0 Å². The number of hydrogen-bond donors (Lipinski definition) is 2. The molecule has 0 radical (unpaired) electrons. The molecule has 10 heteroatoms. The molecular weight excluding hydrogens is 781 g/mol. The van der Waals surface area contributed by atoms with Crippen molar-refractivity contribution in [3.63, 3.8) is 0 Å². The van der Waals surface area contributed by atoms with E-state index in [0.29, 0.717) is 75.4 Å². The van der Waals surface area contributed by atoms with Gasteiger partial charge in [-0.2, -0.15) is 0 Å². The molecule has 4 aliphatic carbocycles. The van der Waals surface area contributed by atoms with Gasteiger partial charge in [0.2, 0.25) is 11.5 Å². The van der Waals surface area contributed by atoms with Crippen LogP contribution in [0, 0.1) is 13.8 Å². The summed E-state index contributed by atoms with van der Waals surface area (Å²) in [6.07, 6.45) is 4.70. The molecule has 0 aliphatic heterocycles. The summed E-state index contributed by atoms with van der Waals surface area (Å²) in [7, 11) is 0. The fourth-order valence-corrected chi connectivity index (χ4v) is 6.92. The van der Waals surface area contributed by atoms with Crippen LogP contribution in [0.2, 0.25) is 0 Å². The predicted molar refractivity (Wildman–Crippen MR) is 255 cm³/mol. The molecule has 0 heterocycles. The zero-order valence-corrected chi connectivity index (χ0v) is 39.4. The highest BCUT2D eigenvalue weighted by Gasteiger charge is 2.19. The van der Waals surface area contributed by atoms with Crippen LogP contribution in [0.3, 0.4) is 0 Å². The molecule has 0 saturated heterocycles. The second kappa shape index (κ2) is 25.5. The minimum atomic E-state index is -1.01. The van der Waals surface area contributed by atoms with E-state index in [-0.39, 0.29) is 0 Å². The Labute approximate surface area is 370 Å². The van der Waals surface area contributed by atoms with E-state index in [1.54, 1.807) is 0 Å². The summed E-state index contributed by atoms with van der Waals surface area (Å²) in [5.41, 5.74) is 11.7. The predicted octanol–water partition coefficient (Wildman–Crippen LogP) is 11.8. The van der Waals surface area contributed by atoms with Crippen molar-refractivity contribution in [3.05, 3.63) is 114 Å². The van der Waals surface area contributed by atoms with Crippen LogP contribution < -0.4 is 10.9 Å². The summed E-state index contributed by atoms with van der Waals surface area (Å²) in [5, 5.41) is 16.4. The van der Waals surface area contributed by atoms with Crippen molar-refractivity contribution in [3.8, 4) is 33.8 Å². The van der Waals surface area contributed by atoms with Crippen molar-refractivity contribution in [1.29, 1.82) is 0 Å². The quantitative estimate of drug-likeness (QED) is 0.0569. The van der Waals surface area contributed by atoms with Crippen LogP contribution in [-0.4, -0.2) is 61.9 Å². The first-order valence-electron chi connectivity index (χ1n) is 22.5. The largest absolute Gasteiger partial charge is 0.501 e. The molecule has 62 heavy (non-hydrogen) atoms. The fourth-order valence-electron chi connectivity index (χ4n) is 6.92. The van der Waals surface area contributed by atoms with Crippen molar-refractivity contribution >= 4 is 12.2 Å². The van der Waals surface area contributed by atoms with Gasteiger partial charge in [0.15, 0.2) is 0 Å². The van der Waals surface area contributed by atoms with Crippen molar-refractivity contribution in [2.45, 2.75) is 132 Å². The Balaban J connectivity index is 0.000000280. The van der Waals surface area contributed by atoms with Crippen molar-refractivity contribution in [1.82, 2.24) is 0 Å². The number of aromatic hydroxyl groups is 2. The van der Waals surface area contributed by atoms with Crippen LogP contribution in [0.25, 0.3) is 22.3 Å². The third-order valence-electron chi connectivity index (χ3n) is 10.8. The van der Waals surface area contributed by atoms with Crippen molar-refractivity contribution in [2.75, 3.05) is 39.5 Å². The SMILES string of the molecule is CCCOC(=NCCC(C)c1ccc(C(C)C)cc2c(C)ccc1-2)OCC.CCCOC(=NCCC(C)c1ccc(C(C)C)cc2c(C)ccc1-2)OCC.O=c1c(O)c(O)c1=O. The summed E-state index contributed by atoms with van der Waals surface area (Å²) >= 11 is 0. The minimum absolute atomic E-state index is 0.416. The zero-order valence-electron chi connectivity index (χ0n) is 39.4. The van der Waals surface area contributed by atoms with Gasteiger partial charge in [-0.3, -0.25) is 9.59 Å². The van der Waals surface area contributed by atoms with Crippen molar-refractivity contribution in [2.24, 2.45) is 9.98 Å². The summed E-state index contributed by atoms with van der Waals surface area (Å²) < 4.78 is 22.1. The van der Waals surface area contributed by atoms with E-state index in [0.717, 1.165) is 25.7 Å². The van der Waals surface area contributed by atoms with Gasteiger partial charge in [0.25, 0.3) is 10.9 Å². The second-order valence-corrected chi connectivity index (χ2v) is 16.5.